The van der Waals surface area contributed by atoms with Crippen LogP contribution in [0.15, 0.2) is 42.7 Å². The van der Waals surface area contributed by atoms with E-state index in [0.29, 0.717) is 37.2 Å². The summed E-state index contributed by atoms with van der Waals surface area (Å²) in [5, 5.41) is 3.69. The van der Waals surface area contributed by atoms with E-state index >= 15 is 0 Å². The molecule has 1 aromatic carbocycles. The normalized spacial score (nSPS) is 21.7. The van der Waals surface area contributed by atoms with Gasteiger partial charge in [0.1, 0.15) is 0 Å². The number of aromatic nitrogens is 1. The van der Waals surface area contributed by atoms with Gasteiger partial charge >= 0.3 is 6.03 Å². The van der Waals surface area contributed by atoms with E-state index in [0.717, 1.165) is 43.6 Å². The molecule has 0 bridgehead atoms. The molecule has 7 nitrogen and oxygen atoms in total. The van der Waals surface area contributed by atoms with Crippen molar-refractivity contribution in [2.75, 3.05) is 44.7 Å². The Morgan fingerprint density at radius 2 is 1.76 bits per heavy atom. The molecule has 3 fully saturated rings. The fourth-order valence-electron chi connectivity index (χ4n) is 4.99. The molecule has 0 spiro atoms. The lowest BCUT2D eigenvalue weighted by atomic mass is 9.89. The predicted molar refractivity (Wildman–Crippen MR) is 127 cm³/mol. The van der Waals surface area contributed by atoms with Gasteiger partial charge in [0.25, 0.3) is 0 Å². The molecule has 2 aromatic rings. The Bertz CT molecular complexity index is 995. The number of hydrogen-bond donors (Lipinski definition) is 1. The van der Waals surface area contributed by atoms with E-state index in [1.165, 1.54) is 5.56 Å². The fraction of sp³-hybridized carbons (Fsp3) is 0.480. The predicted octanol–water partition coefficient (Wildman–Crippen LogP) is 4.11. The minimum atomic E-state index is -0.0956. The van der Waals surface area contributed by atoms with Crippen LogP contribution in [0.2, 0.25) is 5.02 Å². The van der Waals surface area contributed by atoms with Gasteiger partial charge in [-0.2, -0.15) is 0 Å². The summed E-state index contributed by atoms with van der Waals surface area (Å²) in [6.07, 6.45) is 6.24. The Labute approximate surface area is 199 Å². The molecule has 3 aliphatic heterocycles. The molecular weight excluding hydrogens is 440 g/mol. The molecule has 1 atom stereocenters. The second-order valence-electron chi connectivity index (χ2n) is 9.21. The molecule has 1 N–H and O–H groups in total. The number of amides is 3. The lowest BCUT2D eigenvalue weighted by molar-refractivity contribution is -0.136. The molecule has 3 aliphatic rings. The highest BCUT2D eigenvalue weighted by Crippen LogP contribution is 2.32. The Hall–Kier alpha value is -2.64. The van der Waals surface area contributed by atoms with Gasteiger partial charge < -0.3 is 19.9 Å². The number of piperidine rings is 1. The number of urea groups is 1. The molecule has 0 radical (unpaired) electrons. The summed E-state index contributed by atoms with van der Waals surface area (Å²) in [7, 11) is 0. The number of benzene rings is 1. The summed E-state index contributed by atoms with van der Waals surface area (Å²) < 4.78 is 5.37. The molecular formula is C25H29ClN4O3. The average molecular weight is 469 g/mol. The van der Waals surface area contributed by atoms with Gasteiger partial charge in [-0.05, 0) is 54.5 Å². The van der Waals surface area contributed by atoms with Crippen LogP contribution in [0.1, 0.15) is 42.2 Å². The molecule has 0 unspecified atom stereocenters. The van der Waals surface area contributed by atoms with Crippen LogP contribution in [-0.4, -0.2) is 66.1 Å². The molecule has 0 aliphatic carbocycles. The first-order chi connectivity index (χ1) is 16.1. The Balaban J connectivity index is 1.09. The molecule has 8 heteroatoms. The molecule has 0 saturated carbocycles. The molecule has 33 heavy (non-hydrogen) atoms. The summed E-state index contributed by atoms with van der Waals surface area (Å²) >= 11 is 6.24. The minimum Gasteiger partial charge on any atom is -0.381 e. The topological polar surface area (TPSA) is 74.8 Å². The summed E-state index contributed by atoms with van der Waals surface area (Å²) in [6.45, 7) is 4.15. The largest absolute Gasteiger partial charge is 0.381 e. The number of likely N-dealkylation sites (tertiary alicyclic amines) is 2. The fourth-order valence-corrected chi connectivity index (χ4v) is 5.25. The van der Waals surface area contributed by atoms with Gasteiger partial charge in [0.05, 0.1) is 12.5 Å². The first-order valence-corrected chi connectivity index (χ1v) is 12.1. The quantitative estimate of drug-likeness (QED) is 0.732. The first kappa shape index (κ1) is 22.2. The smallest absolute Gasteiger partial charge is 0.321 e. The van der Waals surface area contributed by atoms with E-state index in [1.54, 1.807) is 23.4 Å². The van der Waals surface area contributed by atoms with Crippen molar-refractivity contribution in [2.24, 2.45) is 5.92 Å². The van der Waals surface area contributed by atoms with Crippen LogP contribution in [0, 0.1) is 5.92 Å². The van der Waals surface area contributed by atoms with E-state index in [4.69, 9.17) is 16.3 Å². The van der Waals surface area contributed by atoms with E-state index in [2.05, 4.69) is 22.4 Å². The zero-order valence-corrected chi connectivity index (χ0v) is 19.3. The second kappa shape index (κ2) is 9.69. The van der Waals surface area contributed by atoms with Gasteiger partial charge in [-0.3, -0.25) is 9.78 Å². The van der Waals surface area contributed by atoms with Crippen LogP contribution in [0.25, 0.3) is 0 Å². The molecule has 4 heterocycles. The second-order valence-corrected chi connectivity index (χ2v) is 9.62. The summed E-state index contributed by atoms with van der Waals surface area (Å²) in [5.41, 5.74) is 3.05. The van der Waals surface area contributed by atoms with Crippen molar-refractivity contribution in [3.63, 3.8) is 0 Å². The maximum atomic E-state index is 12.6. The number of anilines is 1. The molecule has 5 rings (SSSR count). The van der Waals surface area contributed by atoms with Crippen LogP contribution < -0.4 is 5.32 Å². The number of carbonyl (C=O) groups is 2. The van der Waals surface area contributed by atoms with Crippen LogP contribution >= 0.6 is 11.6 Å². The molecule has 3 amide bonds. The van der Waals surface area contributed by atoms with Gasteiger partial charge in [0.15, 0.2) is 0 Å². The maximum Gasteiger partial charge on any atom is 0.321 e. The Kier molecular flexibility index (Phi) is 6.51. The van der Waals surface area contributed by atoms with E-state index < -0.39 is 0 Å². The van der Waals surface area contributed by atoms with Crippen LogP contribution in [0.5, 0.6) is 0 Å². The number of ether oxygens (including phenoxy) is 1. The highest BCUT2D eigenvalue weighted by molar-refractivity contribution is 6.31. The van der Waals surface area contributed by atoms with Crippen molar-refractivity contribution in [1.82, 2.24) is 14.8 Å². The third-order valence-electron chi connectivity index (χ3n) is 7.12. The third kappa shape index (κ3) is 4.84. The van der Waals surface area contributed by atoms with Gasteiger partial charge in [0.2, 0.25) is 5.91 Å². The number of nitrogens with zero attached hydrogens (tertiary/aromatic N) is 3. The summed E-state index contributed by atoms with van der Waals surface area (Å²) in [4.78, 5) is 33.1. The number of nitrogens with one attached hydrogen (secondary N) is 1. The summed E-state index contributed by atoms with van der Waals surface area (Å²) in [6, 6.07) is 9.81. The number of rotatable bonds is 4. The molecule has 3 saturated heterocycles. The maximum absolute atomic E-state index is 12.6. The van der Waals surface area contributed by atoms with E-state index in [1.807, 2.05) is 17.0 Å². The minimum absolute atomic E-state index is 0.0486. The standard InChI is InChI=1S/C25H29ClN4O3/c26-23-5-9-27-13-22(23)20-14-30(15-20)25(32)28-21-3-1-17(2-4-21)18-6-10-29(11-7-18)24(31)19-8-12-33-16-19/h1-5,9,13,18-20H,6-8,10-12,14-16H2,(H,28,32)/t19-/m0/s1. The van der Waals surface area contributed by atoms with Gasteiger partial charge in [-0.1, -0.05) is 23.7 Å². The van der Waals surface area contributed by atoms with Crippen molar-refractivity contribution < 1.29 is 14.3 Å². The number of carbonyl (C=O) groups excluding carboxylic acids is 2. The van der Waals surface area contributed by atoms with Crippen molar-refractivity contribution >= 4 is 29.2 Å². The molecule has 174 valence electrons. The highest BCUT2D eigenvalue weighted by atomic mass is 35.5. The number of hydrogen-bond acceptors (Lipinski definition) is 4. The van der Waals surface area contributed by atoms with Crippen LogP contribution in [0.3, 0.4) is 0 Å². The van der Waals surface area contributed by atoms with E-state index in [-0.39, 0.29) is 23.8 Å². The monoisotopic (exact) mass is 468 g/mol. The van der Waals surface area contributed by atoms with E-state index in [9.17, 15) is 9.59 Å². The Morgan fingerprint density at radius 3 is 2.42 bits per heavy atom. The number of halogens is 1. The van der Waals surface area contributed by atoms with Crippen LogP contribution in [0.4, 0.5) is 10.5 Å². The van der Waals surface area contributed by atoms with Crippen molar-refractivity contribution in [2.45, 2.75) is 31.1 Å². The highest BCUT2D eigenvalue weighted by Gasteiger charge is 2.33. The zero-order chi connectivity index (χ0) is 22.8. The number of pyridine rings is 1. The molecule has 1 aromatic heterocycles. The van der Waals surface area contributed by atoms with Gasteiger partial charge in [-0.25, -0.2) is 4.79 Å². The first-order valence-electron chi connectivity index (χ1n) is 11.7. The van der Waals surface area contributed by atoms with Gasteiger partial charge in [-0.15, -0.1) is 0 Å². The van der Waals surface area contributed by atoms with Gasteiger partial charge in [0, 0.05) is 61.8 Å². The lowest BCUT2D eigenvalue weighted by Crippen LogP contribution is -2.50. The van der Waals surface area contributed by atoms with Crippen molar-refractivity contribution in [1.29, 1.82) is 0 Å². The summed E-state index contributed by atoms with van der Waals surface area (Å²) in [5.74, 6) is 0.979. The average Bonchev–Trinajstić information content (AvgIpc) is 3.35. The SMILES string of the molecule is O=C(Nc1ccc(C2CCN(C(=O)[C@H]3CCOC3)CC2)cc1)N1CC(c2cnccc2Cl)C1. The zero-order valence-electron chi connectivity index (χ0n) is 18.6. The van der Waals surface area contributed by atoms with Crippen molar-refractivity contribution in [3.8, 4) is 0 Å². The van der Waals surface area contributed by atoms with Crippen molar-refractivity contribution in [3.05, 3.63) is 58.9 Å². The third-order valence-corrected chi connectivity index (χ3v) is 7.47. The Morgan fingerprint density at radius 1 is 1.00 bits per heavy atom. The van der Waals surface area contributed by atoms with Crippen LogP contribution in [-0.2, 0) is 9.53 Å². The lowest BCUT2D eigenvalue weighted by Gasteiger charge is -2.39.